The zero-order valence-corrected chi connectivity index (χ0v) is 9.14. The fourth-order valence-electron chi connectivity index (χ4n) is 2.28. The Labute approximate surface area is 98.9 Å². The third-order valence-corrected chi connectivity index (χ3v) is 3.04. The monoisotopic (exact) mass is 218 g/mol. The number of nitrogens with two attached hydrogens (primary N) is 1. The maximum absolute atomic E-state index is 9.20. The molecule has 0 aromatic heterocycles. The number of hydrogen-bond donors (Lipinski definition) is 1. The highest BCUT2D eigenvalue weighted by molar-refractivity contribution is 6.14. The van der Waals surface area contributed by atoms with Gasteiger partial charge < -0.3 is 5.73 Å². The second-order valence-electron chi connectivity index (χ2n) is 4.03. The maximum atomic E-state index is 9.20. The summed E-state index contributed by atoms with van der Waals surface area (Å²) in [6.45, 7) is 0. The van der Waals surface area contributed by atoms with Crippen LogP contribution < -0.4 is 5.73 Å². The van der Waals surface area contributed by atoms with Crippen molar-refractivity contribution in [3.05, 3.63) is 54.1 Å². The van der Waals surface area contributed by atoms with Crippen molar-refractivity contribution in [1.82, 2.24) is 0 Å². The largest absolute Gasteiger partial charge is 0.398 e. The Bertz CT molecular complexity index is 767. The molecule has 0 aliphatic heterocycles. The van der Waals surface area contributed by atoms with Crippen LogP contribution in [0.3, 0.4) is 0 Å². The first kappa shape index (κ1) is 9.68. The highest BCUT2D eigenvalue weighted by atomic mass is 14.5. The number of nitrogens with zero attached hydrogens (tertiary/aromatic N) is 1. The van der Waals surface area contributed by atoms with Gasteiger partial charge in [0.05, 0.1) is 11.6 Å². The molecule has 3 aromatic rings. The minimum Gasteiger partial charge on any atom is -0.398 e. The molecular weight excluding hydrogens is 208 g/mol. The SMILES string of the molecule is N#Cc1cccc2ccc3cccc(N)c3c12. The van der Waals surface area contributed by atoms with Crippen LogP contribution in [0.1, 0.15) is 5.56 Å². The van der Waals surface area contributed by atoms with E-state index in [4.69, 9.17) is 5.73 Å². The summed E-state index contributed by atoms with van der Waals surface area (Å²) in [5.41, 5.74) is 7.43. The van der Waals surface area contributed by atoms with Gasteiger partial charge in [0.25, 0.3) is 0 Å². The van der Waals surface area contributed by atoms with Crippen molar-refractivity contribution in [2.45, 2.75) is 0 Å². The summed E-state index contributed by atoms with van der Waals surface area (Å²) in [5.74, 6) is 0. The number of hydrogen-bond acceptors (Lipinski definition) is 2. The van der Waals surface area contributed by atoms with Gasteiger partial charge in [-0.15, -0.1) is 0 Å². The summed E-state index contributed by atoms with van der Waals surface area (Å²) >= 11 is 0. The molecule has 0 saturated heterocycles. The molecule has 80 valence electrons. The molecule has 0 unspecified atom stereocenters. The number of rotatable bonds is 0. The van der Waals surface area contributed by atoms with Crippen molar-refractivity contribution < 1.29 is 0 Å². The minimum absolute atomic E-state index is 0.672. The van der Waals surface area contributed by atoms with Crippen LogP contribution in [0.25, 0.3) is 21.5 Å². The van der Waals surface area contributed by atoms with Gasteiger partial charge in [-0.2, -0.15) is 5.26 Å². The Morgan fingerprint density at radius 3 is 2.18 bits per heavy atom. The Morgan fingerprint density at radius 1 is 0.824 bits per heavy atom. The van der Waals surface area contributed by atoms with Gasteiger partial charge in [0, 0.05) is 16.5 Å². The number of fused-ring (bicyclic) bond motifs is 3. The summed E-state index contributed by atoms with van der Waals surface area (Å²) in [6, 6.07) is 17.8. The van der Waals surface area contributed by atoms with E-state index in [1.165, 1.54) is 0 Å². The standard InChI is InChI=1S/C15H10N2/c16-9-12-5-1-3-10-7-8-11-4-2-6-13(17)15(11)14(10)12/h1-8H,17H2. The molecule has 2 N–H and O–H groups in total. The molecule has 0 heterocycles. The number of nitriles is 1. The summed E-state index contributed by atoms with van der Waals surface area (Å²) in [7, 11) is 0. The van der Waals surface area contributed by atoms with Crippen LogP contribution in [-0.2, 0) is 0 Å². The normalized spacial score (nSPS) is 10.5. The molecule has 17 heavy (non-hydrogen) atoms. The van der Waals surface area contributed by atoms with E-state index in [-0.39, 0.29) is 0 Å². The quantitative estimate of drug-likeness (QED) is 0.464. The highest BCUT2D eigenvalue weighted by Crippen LogP contribution is 2.31. The lowest BCUT2D eigenvalue weighted by atomic mass is 9.97. The molecule has 0 spiro atoms. The van der Waals surface area contributed by atoms with E-state index in [0.29, 0.717) is 5.56 Å². The van der Waals surface area contributed by atoms with Crippen LogP contribution in [-0.4, -0.2) is 0 Å². The van der Waals surface area contributed by atoms with Crippen LogP contribution >= 0.6 is 0 Å². The molecule has 0 saturated carbocycles. The van der Waals surface area contributed by atoms with E-state index in [2.05, 4.69) is 6.07 Å². The third kappa shape index (κ3) is 1.33. The minimum atomic E-state index is 0.672. The molecule has 0 fully saturated rings. The predicted molar refractivity (Wildman–Crippen MR) is 70.6 cm³/mol. The molecule has 0 amide bonds. The van der Waals surface area contributed by atoms with E-state index >= 15 is 0 Å². The van der Waals surface area contributed by atoms with Crippen LogP contribution in [0, 0.1) is 11.3 Å². The third-order valence-electron chi connectivity index (χ3n) is 3.04. The van der Waals surface area contributed by atoms with Gasteiger partial charge in [-0.1, -0.05) is 36.4 Å². The van der Waals surface area contributed by atoms with Gasteiger partial charge in [0.15, 0.2) is 0 Å². The van der Waals surface area contributed by atoms with Crippen LogP contribution in [0.2, 0.25) is 0 Å². The van der Waals surface area contributed by atoms with E-state index in [0.717, 1.165) is 27.2 Å². The fourth-order valence-corrected chi connectivity index (χ4v) is 2.28. The Kier molecular flexibility index (Phi) is 1.99. The molecule has 0 aliphatic rings. The fraction of sp³-hybridized carbons (Fsp3) is 0. The maximum Gasteiger partial charge on any atom is 0.0998 e. The summed E-state index contributed by atoms with van der Waals surface area (Å²) in [4.78, 5) is 0. The van der Waals surface area contributed by atoms with Crippen molar-refractivity contribution in [1.29, 1.82) is 5.26 Å². The molecule has 3 aromatic carbocycles. The second kappa shape index (κ2) is 3.50. The van der Waals surface area contributed by atoms with Gasteiger partial charge in [-0.05, 0) is 22.9 Å². The second-order valence-corrected chi connectivity index (χ2v) is 4.03. The molecular formula is C15H10N2. The number of benzene rings is 3. The lowest BCUT2D eigenvalue weighted by Gasteiger charge is -2.07. The predicted octanol–water partition coefficient (Wildman–Crippen LogP) is 3.45. The van der Waals surface area contributed by atoms with Crippen LogP contribution in [0.5, 0.6) is 0 Å². The van der Waals surface area contributed by atoms with Crippen molar-refractivity contribution >= 4 is 27.2 Å². The Hall–Kier alpha value is -2.53. The first-order valence-corrected chi connectivity index (χ1v) is 5.41. The molecule has 2 heteroatoms. The number of anilines is 1. The van der Waals surface area contributed by atoms with Crippen molar-refractivity contribution in [3.63, 3.8) is 0 Å². The molecule has 3 rings (SSSR count). The van der Waals surface area contributed by atoms with Crippen LogP contribution in [0.15, 0.2) is 48.5 Å². The van der Waals surface area contributed by atoms with Gasteiger partial charge in [0.2, 0.25) is 0 Å². The van der Waals surface area contributed by atoms with Gasteiger partial charge >= 0.3 is 0 Å². The van der Waals surface area contributed by atoms with Crippen molar-refractivity contribution in [3.8, 4) is 6.07 Å². The van der Waals surface area contributed by atoms with E-state index in [9.17, 15) is 5.26 Å². The van der Waals surface area contributed by atoms with E-state index < -0.39 is 0 Å². The smallest absolute Gasteiger partial charge is 0.0998 e. The first-order chi connectivity index (χ1) is 8.31. The summed E-state index contributed by atoms with van der Waals surface area (Å²) < 4.78 is 0. The average molecular weight is 218 g/mol. The van der Waals surface area contributed by atoms with E-state index in [1.807, 2.05) is 48.5 Å². The molecule has 0 atom stereocenters. The zero-order valence-electron chi connectivity index (χ0n) is 9.14. The molecule has 0 radical (unpaired) electrons. The topological polar surface area (TPSA) is 49.8 Å². The lowest BCUT2D eigenvalue weighted by molar-refractivity contribution is 1.51. The highest BCUT2D eigenvalue weighted by Gasteiger charge is 2.07. The first-order valence-electron chi connectivity index (χ1n) is 5.41. The van der Waals surface area contributed by atoms with E-state index in [1.54, 1.807) is 0 Å². The number of nitrogen functional groups attached to an aromatic ring is 1. The average Bonchev–Trinajstić information content (AvgIpc) is 2.38. The van der Waals surface area contributed by atoms with Gasteiger partial charge in [-0.25, -0.2) is 0 Å². The Morgan fingerprint density at radius 2 is 1.47 bits per heavy atom. The molecule has 0 aliphatic carbocycles. The summed E-state index contributed by atoms with van der Waals surface area (Å²) in [6.07, 6.45) is 0. The van der Waals surface area contributed by atoms with Gasteiger partial charge in [-0.3, -0.25) is 0 Å². The lowest BCUT2D eigenvalue weighted by Crippen LogP contribution is -1.89. The van der Waals surface area contributed by atoms with Crippen LogP contribution in [0.4, 0.5) is 5.69 Å². The molecule has 2 nitrogen and oxygen atoms in total. The Balaban J connectivity index is 2.68. The van der Waals surface area contributed by atoms with Crippen molar-refractivity contribution in [2.24, 2.45) is 0 Å². The molecule has 0 bridgehead atoms. The van der Waals surface area contributed by atoms with Crippen molar-refractivity contribution in [2.75, 3.05) is 5.73 Å². The summed E-state index contributed by atoms with van der Waals surface area (Å²) in [5, 5.41) is 13.2. The zero-order chi connectivity index (χ0) is 11.8. The van der Waals surface area contributed by atoms with Gasteiger partial charge in [0.1, 0.15) is 0 Å².